The fraction of sp³-hybridized carbons (Fsp3) is 0.500. The van der Waals surface area contributed by atoms with Gasteiger partial charge >= 0.3 is 6.03 Å². The quantitative estimate of drug-likeness (QED) is 0.917. The van der Waals surface area contributed by atoms with E-state index in [-0.39, 0.29) is 6.03 Å². The molecule has 1 N–H and O–H groups in total. The number of rotatable bonds is 5. The minimum atomic E-state index is 0.00753. The van der Waals surface area contributed by atoms with Crippen molar-refractivity contribution in [3.8, 4) is 0 Å². The number of hydrogen-bond donors (Lipinski definition) is 1. The second-order valence-electron chi connectivity index (χ2n) is 6.77. The van der Waals surface area contributed by atoms with Crippen LogP contribution in [-0.4, -0.2) is 34.2 Å². The van der Waals surface area contributed by atoms with Gasteiger partial charge in [-0.1, -0.05) is 35.5 Å². The highest BCUT2D eigenvalue weighted by atomic mass is 16.5. The monoisotopic (exact) mass is 326 g/mol. The third-order valence-electron chi connectivity index (χ3n) is 4.74. The maximum atomic E-state index is 12.3. The number of benzene rings is 1. The molecule has 1 unspecified atom stereocenters. The zero-order valence-corrected chi connectivity index (χ0v) is 13.6. The Kier molecular flexibility index (Phi) is 4.19. The topological polar surface area (TPSA) is 71.3 Å². The first-order chi connectivity index (χ1) is 11.8. The van der Waals surface area contributed by atoms with E-state index >= 15 is 0 Å². The van der Waals surface area contributed by atoms with Gasteiger partial charge in [0.25, 0.3) is 0 Å². The van der Waals surface area contributed by atoms with Crippen LogP contribution in [-0.2, 0) is 13.0 Å². The Bertz CT molecular complexity index is 696. The molecule has 0 spiro atoms. The van der Waals surface area contributed by atoms with Crippen LogP contribution in [0.5, 0.6) is 0 Å². The maximum absolute atomic E-state index is 12.3. The summed E-state index contributed by atoms with van der Waals surface area (Å²) < 4.78 is 5.31. The van der Waals surface area contributed by atoms with E-state index in [4.69, 9.17) is 4.52 Å². The molecule has 1 saturated heterocycles. The second kappa shape index (κ2) is 6.63. The number of amides is 2. The third kappa shape index (κ3) is 3.58. The van der Waals surface area contributed by atoms with Crippen LogP contribution in [0.25, 0.3) is 0 Å². The molecule has 2 amide bonds. The van der Waals surface area contributed by atoms with Crippen LogP contribution in [0.3, 0.4) is 0 Å². The molecule has 1 aliphatic heterocycles. The predicted molar refractivity (Wildman–Crippen MR) is 88.3 cm³/mol. The molecule has 6 nitrogen and oxygen atoms in total. The van der Waals surface area contributed by atoms with E-state index in [1.54, 1.807) is 0 Å². The van der Waals surface area contributed by atoms with Gasteiger partial charge in [-0.25, -0.2) is 4.79 Å². The summed E-state index contributed by atoms with van der Waals surface area (Å²) >= 11 is 0. The molecule has 1 saturated carbocycles. The second-order valence-corrected chi connectivity index (χ2v) is 6.77. The van der Waals surface area contributed by atoms with Gasteiger partial charge in [0.15, 0.2) is 5.82 Å². The summed E-state index contributed by atoms with van der Waals surface area (Å²) in [6, 6.07) is 9.97. The van der Waals surface area contributed by atoms with E-state index in [1.807, 2.05) is 35.2 Å². The van der Waals surface area contributed by atoms with Crippen molar-refractivity contribution in [2.75, 3.05) is 13.1 Å². The predicted octanol–water partition coefficient (Wildman–Crippen LogP) is 2.72. The molecule has 2 aromatic rings. The summed E-state index contributed by atoms with van der Waals surface area (Å²) in [5.74, 6) is 2.49. The Morgan fingerprint density at radius 3 is 2.88 bits per heavy atom. The van der Waals surface area contributed by atoms with Crippen molar-refractivity contribution in [2.45, 2.75) is 38.1 Å². The molecule has 0 bridgehead atoms. The molecule has 2 heterocycles. The van der Waals surface area contributed by atoms with Crippen molar-refractivity contribution in [1.29, 1.82) is 0 Å². The zero-order chi connectivity index (χ0) is 16.4. The van der Waals surface area contributed by atoms with Crippen molar-refractivity contribution in [2.24, 2.45) is 5.92 Å². The van der Waals surface area contributed by atoms with E-state index < -0.39 is 0 Å². The van der Waals surface area contributed by atoms with Gasteiger partial charge in [-0.05, 0) is 30.7 Å². The SMILES string of the molecule is O=C(NCc1ccccc1)N1CCC(Cc2noc(C3CC3)n2)C1. The molecule has 0 radical (unpaired) electrons. The normalized spacial score (nSPS) is 20.3. The lowest BCUT2D eigenvalue weighted by Crippen LogP contribution is -2.38. The maximum Gasteiger partial charge on any atom is 0.317 e. The molecule has 126 valence electrons. The molecular formula is C18H22N4O2. The number of urea groups is 1. The minimum Gasteiger partial charge on any atom is -0.339 e. The molecule has 2 aliphatic rings. The van der Waals surface area contributed by atoms with Gasteiger partial charge in [0.05, 0.1) is 0 Å². The number of carbonyl (C=O) groups is 1. The summed E-state index contributed by atoms with van der Waals surface area (Å²) in [4.78, 5) is 18.7. The van der Waals surface area contributed by atoms with Crippen molar-refractivity contribution < 1.29 is 9.32 Å². The van der Waals surface area contributed by atoms with Crippen molar-refractivity contribution in [3.05, 3.63) is 47.6 Å². The lowest BCUT2D eigenvalue weighted by Gasteiger charge is -2.17. The number of carbonyl (C=O) groups excluding carboxylic acids is 1. The average molecular weight is 326 g/mol. The van der Waals surface area contributed by atoms with Crippen LogP contribution in [0, 0.1) is 5.92 Å². The van der Waals surface area contributed by atoms with Crippen molar-refractivity contribution in [3.63, 3.8) is 0 Å². The number of aromatic nitrogens is 2. The summed E-state index contributed by atoms with van der Waals surface area (Å²) in [5.41, 5.74) is 1.11. The summed E-state index contributed by atoms with van der Waals surface area (Å²) in [6.45, 7) is 2.11. The van der Waals surface area contributed by atoms with Gasteiger partial charge in [-0.2, -0.15) is 4.98 Å². The van der Waals surface area contributed by atoms with Gasteiger partial charge in [-0.15, -0.1) is 0 Å². The van der Waals surface area contributed by atoms with E-state index in [9.17, 15) is 4.79 Å². The molecule has 24 heavy (non-hydrogen) atoms. The van der Waals surface area contributed by atoms with E-state index in [2.05, 4.69) is 15.5 Å². The van der Waals surface area contributed by atoms with Crippen LogP contribution in [0.2, 0.25) is 0 Å². The Balaban J connectivity index is 1.25. The van der Waals surface area contributed by atoms with Gasteiger partial charge in [0.2, 0.25) is 5.89 Å². The van der Waals surface area contributed by atoms with Gasteiger partial charge in [0, 0.05) is 32.0 Å². The van der Waals surface area contributed by atoms with Crippen molar-refractivity contribution in [1.82, 2.24) is 20.4 Å². The van der Waals surface area contributed by atoms with E-state index in [0.717, 1.165) is 43.2 Å². The number of hydrogen-bond acceptors (Lipinski definition) is 4. The Morgan fingerprint density at radius 2 is 2.08 bits per heavy atom. The third-order valence-corrected chi connectivity index (χ3v) is 4.74. The standard InChI is InChI=1S/C18H22N4O2/c23-18(19-11-13-4-2-1-3-5-13)22-9-8-14(12-22)10-16-20-17(24-21-16)15-6-7-15/h1-5,14-15H,6-12H2,(H,19,23). The fourth-order valence-corrected chi connectivity index (χ4v) is 3.17. The molecule has 2 fully saturated rings. The lowest BCUT2D eigenvalue weighted by molar-refractivity contribution is 0.206. The largest absolute Gasteiger partial charge is 0.339 e. The van der Waals surface area contributed by atoms with E-state index in [0.29, 0.717) is 18.4 Å². The Labute approximate surface area is 141 Å². The van der Waals surface area contributed by atoms with Crippen LogP contribution in [0.4, 0.5) is 4.79 Å². The number of nitrogens with one attached hydrogen (secondary N) is 1. The smallest absolute Gasteiger partial charge is 0.317 e. The van der Waals surface area contributed by atoms with E-state index in [1.165, 1.54) is 12.8 Å². The zero-order valence-electron chi connectivity index (χ0n) is 13.6. The average Bonchev–Trinajstić information content (AvgIpc) is 3.18. The minimum absolute atomic E-state index is 0.00753. The molecule has 1 atom stereocenters. The van der Waals surface area contributed by atoms with Crippen LogP contribution in [0.1, 0.15) is 42.5 Å². The Morgan fingerprint density at radius 1 is 1.25 bits per heavy atom. The highest BCUT2D eigenvalue weighted by molar-refractivity contribution is 5.74. The Hall–Kier alpha value is -2.37. The highest BCUT2D eigenvalue weighted by Gasteiger charge is 2.31. The molecular weight excluding hydrogens is 304 g/mol. The fourth-order valence-electron chi connectivity index (χ4n) is 3.17. The molecule has 4 rings (SSSR count). The first-order valence-corrected chi connectivity index (χ1v) is 8.67. The summed E-state index contributed by atoms with van der Waals surface area (Å²) in [5, 5.41) is 7.07. The first-order valence-electron chi connectivity index (χ1n) is 8.67. The number of nitrogens with zero attached hydrogens (tertiary/aromatic N) is 3. The van der Waals surface area contributed by atoms with Crippen LogP contribution >= 0.6 is 0 Å². The molecule has 1 aliphatic carbocycles. The van der Waals surface area contributed by atoms with Gasteiger partial charge < -0.3 is 14.7 Å². The number of likely N-dealkylation sites (tertiary alicyclic amines) is 1. The van der Waals surface area contributed by atoms with Gasteiger partial charge in [-0.3, -0.25) is 0 Å². The van der Waals surface area contributed by atoms with Crippen LogP contribution in [0.15, 0.2) is 34.9 Å². The summed E-state index contributed by atoms with van der Waals surface area (Å²) in [6.07, 6.45) is 4.12. The highest BCUT2D eigenvalue weighted by Crippen LogP contribution is 2.39. The molecule has 1 aromatic carbocycles. The first kappa shape index (κ1) is 15.2. The summed E-state index contributed by atoms with van der Waals surface area (Å²) in [7, 11) is 0. The van der Waals surface area contributed by atoms with Crippen molar-refractivity contribution >= 4 is 6.03 Å². The molecule has 1 aromatic heterocycles. The molecule has 6 heteroatoms. The van der Waals surface area contributed by atoms with Gasteiger partial charge in [0.1, 0.15) is 0 Å². The van der Waals surface area contributed by atoms with Crippen LogP contribution < -0.4 is 5.32 Å². The lowest BCUT2D eigenvalue weighted by atomic mass is 10.1.